The summed E-state index contributed by atoms with van der Waals surface area (Å²) < 4.78 is 0. The molecule has 0 unspecified atom stereocenters. The predicted octanol–water partition coefficient (Wildman–Crippen LogP) is 2.28. The molecule has 4 aromatic rings. The van der Waals surface area contributed by atoms with Gasteiger partial charge in [0.2, 0.25) is 0 Å². The van der Waals surface area contributed by atoms with E-state index in [2.05, 4.69) is 23.8 Å². The molecule has 0 atom stereocenters. The standard InChI is InChI=1S/C26H24N2O2.3C2H4O2.Mn/c1-3-17-5-9-21(25(29)13-17)19-7-11-23(27-15-19)24-12-8-20(16-28-24)22-10-6-18(4-2)14-26(22)30;3*1-2(3)4;/h5-16,29-30H,3-4H2,1-2H3;3*1H3,(H,3,4);/q;;;;+3/p-3. The van der Waals surface area contributed by atoms with Crippen LogP contribution >= 0.6 is 0 Å². The molecule has 0 saturated carbocycles. The number of phenolic OH excluding ortho intramolecular Hbond substituents is 2. The number of carbonyl (C=O) groups excluding carboxylic acids is 3. The molecule has 226 valence electrons. The molecular weight excluding hydrogens is 595 g/mol. The van der Waals surface area contributed by atoms with Crippen molar-refractivity contribution in [1.29, 1.82) is 0 Å². The van der Waals surface area contributed by atoms with Crippen molar-refractivity contribution in [1.82, 2.24) is 9.97 Å². The number of carbonyl (C=O) groups is 3. The number of nitrogens with zero attached hydrogens (tertiary/aromatic N) is 2. The predicted molar refractivity (Wildman–Crippen MR) is 152 cm³/mol. The Labute approximate surface area is 261 Å². The van der Waals surface area contributed by atoms with Gasteiger partial charge >= 0.3 is 17.1 Å². The van der Waals surface area contributed by atoms with E-state index in [0.29, 0.717) is 0 Å². The number of aliphatic carboxylic acids is 3. The van der Waals surface area contributed by atoms with E-state index in [4.69, 9.17) is 29.7 Å². The van der Waals surface area contributed by atoms with E-state index < -0.39 is 17.9 Å². The Morgan fingerprint density at radius 2 is 0.907 bits per heavy atom. The Bertz CT molecular complexity index is 1340. The Kier molecular flexibility index (Phi) is 17.3. The summed E-state index contributed by atoms with van der Waals surface area (Å²) in [5, 5.41) is 47.3. The Hall–Kier alpha value is -4.73. The van der Waals surface area contributed by atoms with Gasteiger partial charge in [0.15, 0.2) is 0 Å². The second-order valence-electron chi connectivity index (χ2n) is 8.75. The van der Waals surface area contributed by atoms with Gasteiger partial charge in [0.25, 0.3) is 0 Å². The fourth-order valence-electron chi connectivity index (χ4n) is 3.49. The summed E-state index contributed by atoms with van der Waals surface area (Å²) in [6, 6.07) is 19.2. The van der Waals surface area contributed by atoms with Crippen LogP contribution in [0, 0.1) is 0 Å². The van der Waals surface area contributed by atoms with Gasteiger partial charge in [-0.15, -0.1) is 0 Å². The number of rotatable bonds is 5. The summed E-state index contributed by atoms with van der Waals surface area (Å²) in [4.78, 5) is 35.7. The van der Waals surface area contributed by atoms with Gasteiger partial charge in [0, 0.05) is 52.6 Å². The van der Waals surface area contributed by atoms with Gasteiger partial charge < -0.3 is 39.9 Å². The van der Waals surface area contributed by atoms with E-state index in [1.54, 1.807) is 24.5 Å². The van der Waals surface area contributed by atoms with Gasteiger partial charge in [-0.3, -0.25) is 9.97 Å². The van der Waals surface area contributed by atoms with Crippen molar-refractivity contribution in [3.8, 4) is 45.1 Å². The molecule has 2 aromatic heterocycles. The van der Waals surface area contributed by atoms with Crippen LogP contribution in [0.3, 0.4) is 0 Å². The van der Waals surface area contributed by atoms with Gasteiger partial charge in [-0.25, -0.2) is 0 Å². The van der Waals surface area contributed by atoms with Crippen LogP contribution in [-0.4, -0.2) is 38.1 Å². The van der Waals surface area contributed by atoms with E-state index in [1.165, 1.54) is 0 Å². The van der Waals surface area contributed by atoms with E-state index >= 15 is 0 Å². The first-order valence-electron chi connectivity index (χ1n) is 12.9. The molecule has 2 heterocycles. The van der Waals surface area contributed by atoms with Gasteiger partial charge in [-0.05, 0) is 69.0 Å². The zero-order chi connectivity index (χ0) is 31.8. The maximum Gasteiger partial charge on any atom is 3.00 e. The number of aromatic hydroxyl groups is 2. The van der Waals surface area contributed by atoms with Crippen molar-refractivity contribution in [3.05, 3.63) is 84.2 Å². The van der Waals surface area contributed by atoms with Crippen molar-refractivity contribution < 1.29 is 57.0 Å². The average Bonchev–Trinajstić information content (AvgIpc) is 2.92. The molecule has 0 fully saturated rings. The molecule has 0 radical (unpaired) electrons. The molecule has 43 heavy (non-hydrogen) atoms. The molecule has 11 heteroatoms. The van der Waals surface area contributed by atoms with E-state index in [9.17, 15) is 10.2 Å². The number of benzene rings is 2. The summed E-state index contributed by atoms with van der Waals surface area (Å²) in [6.07, 6.45) is 5.27. The van der Waals surface area contributed by atoms with Crippen LogP contribution < -0.4 is 15.3 Å². The summed E-state index contributed by atoms with van der Waals surface area (Å²) in [5.41, 5.74) is 6.94. The summed E-state index contributed by atoms with van der Waals surface area (Å²) in [6.45, 7) is 7.04. The number of phenols is 2. The smallest absolute Gasteiger partial charge is 0.550 e. The van der Waals surface area contributed by atoms with E-state index in [1.807, 2.05) is 48.5 Å². The largest absolute Gasteiger partial charge is 3.00 e. The number of aromatic nitrogens is 2. The van der Waals surface area contributed by atoms with Crippen molar-refractivity contribution in [2.75, 3.05) is 0 Å². The zero-order valence-electron chi connectivity index (χ0n) is 24.5. The van der Waals surface area contributed by atoms with Gasteiger partial charge in [0.05, 0.1) is 11.4 Å². The second-order valence-corrected chi connectivity index (χ2v) is 8.75. The van der Waals surface area contributed by atoms with Crippen molar-refractivity contribution in [2.24, 2.45) is 0 Å². The summed E-state index contributed by atoms with van der Waals surface area (Å²) in [7, 11) is 0. The SMILES string of the molecule is CC(=O)[O-].CC(=O)[O-].CC(=O)[O-].CCc1ccc(-c2ccc(-c3ccc(-c4ccc(CC)cc4O)cn3)nc2)c(O)c1.[Mn+3]. The van der Waals surface area contributed by atoms with Crippen LogP contribution in [0.25, 0.3) is 33.6 Å². The molecular formula is C32H33MnN2O8. The number of carboxylic acid groups (broad SMARTS) is 3. The molecule has 0 amide bonds. The number of hydrogen-bond acceptors (Lipinski definition) is 10. The fraction of sp³-hybridized carbons (Fsp3) is 0.219. The normalized spacial score (nSPS) is 9.33. The first-order chi connectivity index (χ1) is 19.8. The number of hydrogen-bond donors (Lipinski definition) is 2. The molecule has 0 bridgehead atoms. The molecule has 4 rings (SSSR count). The topological polar surface area (TPSA) is 187 Å². The van der Waals surface area contributed by atoms with Crippen LogP contribution in [-0.2, 0) is 44.3 Å². The van der Waals surface area contributed by atoms with Crippen LogP contribution in [0.15, 0.2) is 73.1 Å². The minimum atomic E-state index is -1.08. The van der Waals surface area contributed by atoms with Crippen LogP contribution in [0.4, 0.5) is 0 Å². The van der Waals surface area contributed by atoms with E-state index in [0.717, 1.165) is 78.4 Å². The Balaban J connectivity index is 0.00000116. The van der Waals surface area contributed by atoms with Gasteiger partial charge in [-0.1, -0.05) is 50.2 Å². The molecule has 10 nitrogen and oxygen atoms in total. The Morgan fingerprint density at radius 1 is 0.605 bits per heavy atom. The summed E-state index contributed by atoms with van der Waals surface area (Å²) in [5.74, 6) is -2.72. The second kappa shape index (κ2) is 19.4. The first kappa shape index (κ1) is 38.3. The molecule has 0 spiro atoms. The number of aryl methyl sites for hydroxylation is 2. The molecule has 0 aliphatic carbocycles. The minimum Gasteiger partial charge on any atom is -0.550 e. The fourth-order valence-corrected chi connectivity index (χ4v) is 3.49. The number of carboxylic acids is 3. The maximum atomic E-state index is 10.3. The van der Waals surface area contributed by atoms with Crippen molar-refractivity contribution >= 4 is 17.9 Å². The first-order valence-corrected chi connectivity index (χ1v) is 12.9. The van der Waals surface area contributed by atoms with Gasteiger partial charge in [-0.2, -0.15) is 0 Å². The van der Waals surface area contributed by atoms with Crippen molar-refractivity contribution in [3.63, 3.8) is 0 Å². The molecule has 0 aliphatic heterocycles. The Morgan fingerprint density at radius 3 is 1.12 bits per heavy atom. The molecule has 2 aromatic carbocycles. The monoisotopic (exact) mass is 628 g/mol. The minimum absolute atomic E-state index is 0. The van der Waals surface area contributed by atoms with Crippen LogP contribution in [0.1, 0.15) is 45.7 Å². The van der Waals surface area contributed by atoms with E-state index in [-0.39, 0.29) is 28.6 Å². The molecule has 0 aliphatic rings. The molecule has 2 N–H and O–H groups in total. The third-order valence-electron chi connectivity index (χ3n) is 5.35. The number of pyridine rings is 2. The summed E-state index contributed by atoms with van der Waals surface area (Å²) >= 11 is 0. The van der Waals surface area contributed by atoms with Gasteiger partial charge in [0.1, 0.15) is 11.5 Å². The average molecular weight is 629 g/mol. The maximum absolute atomic E-state index is 10.3. The van der Waals surface area contributed by atoms with Crippen LogP contribution in [0.5, 0.6) is 11.5 Å². The quantitative estimate of drug-likeness (QED) is 0.311. The third-order valence-corrected chi connectivity index (χ3v) is 5.35. The van der Waals surface area contributed by atoms with Crippen LogP contribution in [0.2, 0.25) is 0 Å². The third kappa shape index (κ3) is 14.1. The molecule has 0 saturated heterocycles. The van der Waals surface area contributed by atoms with Crippen molar-refractivity contribution in [2.45, 2.75) is 47.5 Å². The zero-order valence-corrected chi connectivity index (χ0v) is 25.6.